The molecule has 1 radical (unpaired) electrons. The minimum absolute atomic E-state index is 0.152. The van der Waals surface area contributed by atoms with Crippen LogP contribution < -0.4 is 5.73 Å². The lowest BCUT2D eigenvalue weighted by molar-refractivity contribution is -0.142. The summed E-state index contributed by atoms with van der Waals surface area (Å²) in [5.74, 6) is -1.12. The summed E-state index contributed by atoms with van der Waals surface area (Å²) in [5.41, 5.74) is 5.97. The summed E-state index contributed by atoms with van der Waals surface area (Å²) in [6, 6.07) is 0. The lowest BCUT2D eigenvalue weighted by Gasteiger charge is -1.95. The average Bonchev–Trinajstić information content (AvgIpc) is 2.59. The van der Waals surface area contributed by atoms with E-state index in [2.05, 4.69) is 32.6 Å². The number of nitrogen functional groups attached to an aromatic ring is 1. The summed E-state index contributed by atoms with van der Waals surface area (Å²) in [6.07, 6.45) is 0. The molecule has 0 saturated heterocycles. The minimum atomic E-state index is -1.12. The summed E-state index contributed by atoms with van der Waals surface area (Å²) in [4.78, 5) is 18.5. The maximum atomic E-state index is 10.1. The van der Waals surface area contributed by atoms with Crippen LogP contribution in [0.4, 0.5) is 5.13 Å². The Hall–Kier alpha value is -1.54. The maximum Gasteiger partial charge on any atom is 0.344 e. The third kappa shape index (κ3) is 3.60. The van der Waals surface area contributed by atoms with E-state index >= 15 is 0 Å². The van der Waals surface area contributed by atoms with Gasteiger partial charge in [-0.2, -0.15) is 0 Å². The predicted molar refractivity (Wildman–Crippen MR) is 59.2 cm³/mol. The lowest BCUT2D eigenvalue weighted by Crippen LogP contribution is -2.08. The standard InChI is InChI=1S/C7H6N3O3S2/c8-7-9-5(3-15-7)4(2-14)10-13-1-6(11)12/h3H,1H2,(H2,8,9)(H,11,12)/b10-4-. The van der Waals surface area contributed by atoms with E-state index in [9.17, 15) is 4.79 Å². The van der Waals surface area contributed by atoms with E-state index in [0.29, 0.717) is 10.8 Å². The molecule has 1 rings (SSSR count). The number of oxime groups is 1. The Bertz CT molecular complexity index is 402. The van der Waals surface area contributed by atoms with E-state index < -0.39 is 12.6 Å². The molecule has 1 aromatic heterocycles. The Morgan fingerprint density at radius 1 is 1.87 bits per heavy atom. The number of carbonyl (C=O) groups is 1. The number of thiazole rings is 1. The molecule has 0 aromatic carbocycles. The van der Waals surface area contributed by atoms with E-state index in [-0.39, 0.29) is 5.71 Å². The number of hydrogen-bond acceptors (Lipinski definition) is 7. The highest BCUT2D eigenvalue weighted by atomic mass is 32.1. The highest BCUT2D eigenvalue weighted by Crippen LogP contribution is 2.11. The maximum absolute atomic E-state index is 10.1. The first-order chi connectivity index (χ1) is 7.13. The summed E-state index contributed by atoms with van der Waals surface area (Å²) in [6.45, 7) is -0.542. The van der Waals surface area contributed by atoms with Crippen LogP contribution in [-0.2, 0) is 9.63 Å². The van der Waals surface area contributed by atoms with Crippen molar-refractivity contribution in [2.24, 2.45) is 5.16 Å². The number of hydrogen-bond donors (Lipinski definition) is 2. The molecule has 6 nitrogen and oxygen atoms in total. The van der Waals surface area contributed by atoms with Crippen LogP contribution in [0.15, 0.2) is 10.5 Å². The Balaban J connectivity index is 2.71. The van der Waals surface area contributed by atoms with Gasteiger partial charge in [-0.1, -0.05) is 17.4 Å². The molecule has 0 amide bonds. The molecule has 1 heterocycles. The van der Waals surface area contributed by atoms with Gasteiger partial charge in [0.2, 0.25) is 6.61 Å². The van der Waals surface area contributed by atoms with Gasteiger partial charge in [-0.05, 0) is 0 Å². The monoisotopic (exact) mass is 244 g/mol. The SMILES string of the molecule is Nc1nc(/C([C]=S)=N\OCC(=O)O)cs1. The van der Waals surface area contributed by atoms with Gasteiger partial charge in [0.15, 0.2) is 5.13 Å². The fraction of sp³-hybridized carbons (Fsp3) is 0.143. The van der Waals surface area contributed by atoms with Gasteiger partial charge in [-0.3, -0.25) is 0 Å². The van der Waals surface area contributed by atoms with E-state index in [1.807, 2.05) is 0 Å². The number of carboxylic acid groups (broad SMARTS) is 1. The van der Waals surface area contributed by atoms with E-state index in [4.69, 9.17) is 10.8 Å². The van der Waals surface area contributed by atoms with Crippen LogP contribution in [-0.4, -0.2) is 33.7 Å². The number of carboxylic acids is 1. The van der Waals surface area contributed by atoms with E-state index in [1.54, 1.807) is 5.38 Å². The number of nitrogens with zero attached hydrogens (tertiary/aromatic N) is 2. The molecule has 0 saturated carbocycles. The van der Waals surface area contributed by atoms with Crippen molar-refractivity contribution in [3.05, 3.63) is 11.1 Å². The van der Waals surface area contributed by atoms with Crippen LogP contribution in [0.2, 0.25) is 0 Å². The minimum Gasteiger partial charge on any atom is -0.479 e. The topological polar surface area (TPSA) is 97.8 Å². The molecule has 15 heavy (non-hydrogen) atoms. The molecule has 0 bridgehead atoms. The molecule has 8 heteroatoms. The van der Waals surface area contributed by atoms with Crippen LogP contribution in [0.25, 0.3) is 0 Å². The molecule has 0 aliphatic heterocycles. The number of nitrogens with two attached hydrogens (primary N) is 1. The summed E-state index contributed by atoms with van der Waals surface area (Å²) < 4.78 is 0. The molecular weight excluding hydrogens is 238 g/mol. The van der Waals surface area contributed by atoms with Gasteiger partial charge in [0, 0.05) is 5.38 Å². The van der Waals surface area contributed by atoms with E-state index in [1.165, 1.54) is 11.3 Å². The molecule has 0 unspecified atom stereocenters. The van der Waals surface area contributed by atoms with Gasteiger partial charge in [-0.15, -0.1) is 11.3 Å². The normalized spacial score (nSPS) is 11.1. The zero-order valence-electron chi connectivity index (χ0n) is 7.34. The zero-order valence-corrected chi connectivity index (χ0v) is 8.97. The van der Waals surface area contributed by atoms with Gasteiger partial charge in [-0.25, -0.2) is 9.78 Å². The second-order valence-electron chi connectivity index (χ2n) is 2.28. The van der Waals surface area contributed by atoms with Gasteiger partial charge in [0.1, 0.15) is 11.4 Å². The molecular formula is C7H6N3O3S2. The molecule has 1 aromatic rings. The molecule has 0 aliphatic rings. The van der Waals surface area contributed by atoms with Crippen molar-refractivity contribution in [2.75, 3.05) is 12.3 Å². The summed E-state index contributed by atoms with van der Waals surface area (Å²) in [5, 5.41) is 16.1. The first-order valence-corrected chi connectivity index (χ1v) is 4.93. The van der Waals surface area contributed by atoms with Crippen molar-refractivity contribution in [3.63, 3.8) is 0 Å². The smallest absolute Gasteiger partial charge is 0.344 e. The van der Waals surface area contributed by atoms with Gasteiger partial charge in [0.25, 0.3) is 0 Å². The predicted octanol–water partition coefficient (Wildman–Crippen LogP) is 0.407. The van der Waals surface area contributed by atoms with Crippen LogP contribution in [0.5, 0.6) is 0 Å². The van der Waals surface area contributed by atoms with Crippen LogP contribution in [0, 0.1) is 0 Å². The molecule has 0 aliphatic carbocycles. The van der Waals surface area contributed by atoms with Crippen molar-refractivity contribution >= 4 is 45.7 Å². The van der Waals surface area contributed by atoms with Gasteiger partial charge in [0.05, 0.1) is 5.37 Å². The second kappa shape index (κ2) is 5.37. The summed E-state index contributed by atoms with van der Waals surface area (Å²) in [7, 11) is 0. The quantitative estimate of drug-likeness (QED) is 0.442. The Morgan fingerprint density at radius 3 is 3.07 bits per heavy atom. The Morgan fingerprint density at radius 2 is 2.60 bits per heavy atom. The molecule has 79 valence electrons. The number of anilines is 1. The van der Waals surface area contributed by atoms with Crippen LogP contribution in [0.3, 0.4) is 0 Å². The second-order valence-corrected chi connectivity index (χ2v) is 3.37. The van der Waals surface area contributed by atoms with Crippen molar-refractivity contribution in [3.8, 4) is 0 Å². The van der Waals surface area contributed by atoms with Crippen LogP contribution >= 0.6 is 23.6 Å². The van der Waals surface area contributed by atoms with E-state index in [0.717, 1.165) is 0 Å². The molecule has 3 N–H and O–H groups in total. The van der Waals surface area contributed by atoms with Crippen LogP contribution in [0.1, 0.15) is 5.69 Å². The third-order valence-electron chi connectivity index (χ3n) is 1.21. The highest BCUT2D eigenvalue weighted by Gasteiger charge is 2.06. The lowest BCUT2D eigenvalue weighted by atomic mass is 10.3. The highest BCUT2D eigenvalue weighted by molar-refractivity contribution is 7.80. The number of thiocarbonyl (C=S) groups is 1. The molecule has 0 fully saturated rings. The fourth-order valence-corrected chi connectivity index (χ4v) is 1.36. The Labute approximate surface area is 94.4 Å². The zero-order chi connectivity index (χ0) is 11.3. The average molecular weight is 244 g/mol. The van der Waals surface area contributed by atoms with Crippen molar-refractivity contribution < 1.29 is 14.7 Å². The molecule has 0 spiro atoms. The summed E-state index contributed by atoms with van der Waals surface area (Å²) >= 11 is 5.77. The Kier molecular flexibility index (Phi) is 4.13. The third-order valence-corrected chi connectivity index (χ3v) is 2.07. The van der Waals surface area contributed by atoms with Crippen molar-refractivity contribution in [2.45, 2.75) is 0 Å². The first kappa shape index (κ1) is 11.5. The van der Waals surface area contributed by atoms with Gasteiger partial charge < -0.3 is 15.7 Å². The fourth-order valence-electron chi connectivity index (χ4n) is 0.666. The number of aromatic nitrogens is 1. The molecule has 0 atom stereocenters. The van der Waals surface area contributed by atoms with Crippen molar-refractivity contribution in [1.29, 1.82) is 0 Å². The first-order valence-electron chi connectivity index (χ1n) is 3.64. The largest absolute Gasteiger partial charge is 0.479 e. The number of rotatable bonds is 5. The number of aliphatic carboxylic acids is 1. The van der Waals surface area contributed by atoms with Crippen molar-refractivity contribution in [1.82, 2.24) is 4.98 Å². The van der Waals surface area contributed by atoms with Gasteiger partial charge >= 0.3 is 5.97 Å².